The molecule has 2 unspecified atom stereocenters. The molecule has 0 amide bonds. The maximum absolute atomic E-state index is 12.6. The Morgan fingerprint density at radius 2 is 2.31 bits per heavy atom. The first kappa shape index (κ1) is 10.1. The average molecular weight is 184 g/mol. The van der Waals surface area contributed by atoms with E-state index in [1.165, 1.54) is 12.1 Å². The van der Waals surface area contributed by atoms with Crippen molar-refractivity contribution >= 4 is 0 Å². The molecule has 0 aliphatic rings. The van der Waals surface area contributed by atoms with Crippen LogP contribution < -0.4 is 5.73 Å². The standard InChI is InChI=1S/C9H13FN2O/c1-2-6(11)9(13)7-4-3-5-8(10)12-7/h3-6,9,13H,2,11H2,1H3. The van der Waals surface area contributed by atoms with E-state index in [4.69, 9.17) is 5.73 Å². The maximum atomic E-state index is 12.6. The molecule has 0 radical (unpaired) electrons. The molecular formula is C9H13FN2O. The fraction of sp³-hybridized carbons (Fsp3) is 0.444. The molecule has 0 saturated heterocycles. The Morgan fingerprint density at radius 1 is 1.62 bits per heavy atom. The Morgan fingerprint density at radius 3 is 2.85 bits per heavy atom. The number of halogens is 1. The third-order valence-corrected chi connectivity index (χ3v) is 1.92. The molecule has 1 aromatic rings. The second kappa shape index (κ2) is 4.30. The van der Waals surface area contributed by atoms with Crippen molar-refractivity contribution < 1.29 is 9.50 Å². The van der Waals surface area contributed by atoms with E-state index in [1.807, 2.05) is 6.92 Å². The topological polar surface area (TPSA) is 59.1 Å². The van der Waals surface area contributed by atoms with Gasteiger partial charge in [-0.25, -0.2) is 4.98 Å². The van der Waals surface area contributed by atoms with Crippen LogP contribution in [0.4, 0.5) is 4.39 Å². The van der Waals surface area contributed by atoms with Crippen LogP contribution in [-0.4, -0.2) is 16.1 Å². The Hall–Kier alpha value is -1.00. The molecular weight excluding hydrogens is 171 g/mol. The number of hydrogen-bond acceptors (Lipinski definition) is 3. The van der Waals surface area contributed by atoms with Gasteiger partial charge in [0, 0.05) is 6.04 Å². The van der Waals surface area contributed by atoms with Gasteiger partial charge in [-0.15, -0.1) is 0 Å². The van der Waals surface area contributed by atoms with Gasteiger partial charge in [-0.2, -0.15) is 4.39 Å². The van der Waals surface area contributed by atoms with Crippen molar-refractivity contribution in [1.82, 2.24) is 4.98 Å². The molecule has 0 aliphatic heterocycles. The van der Waals surface area contributed by atoms with Crippen LogP contribution >= 0.6 is 0 Å². The van der Waals surface area contributed by atoms with Crippen molar-refractivity contribution in [3.63, 3.8) is 0 Å². The first-order valence-corrected chi connectivity index (χ1v) is 4.21. The van der Waals surface area contributed by atoms with Crippen LogP contribution in [0.2, 0.25) is 0 Å². The van der Waals surface area contributed by atoms with Crippen molar-refractivity contribution in [3.8, 4) is 0 Å². The van der Waals surface area contributed by atoms with Gasteiger partial charge in [-0.05, 0) is 18.6 Å². The number of aliphatic hydroxyl groups excluding tert-OH is 1. The highest BCUT2D eigenvalue weighted by Gasteiger charge is 2.16. The Bertz CT molecular complexity index is 280. The van der Waals surface area contributed by atoms with Gasteiger partial charge in [0.25, 0.3) is 0 Å². The molecule has 0 bridgehead atoms. The zero-order valence-electron chi connectivity index (χ0n) is 7.44. The second-order valence-corrected chi connectivity index (χ2v) is 2.90. The van der Waals surface area contributed by atoms with Crippen LogP contribution in [0.1, 0.15) is 25.1 Å². The van der Waals surface area contributed by atoms with Crippen LogP contribution in [0.15, 0.2) is 18.2 Å². The average Bonchev–Trinajstić information content (AvgIpc) is 2.15. The molecule has 0 fully saturated rings. The van der Waals surface area contributed by atoms with Gasteiger partial charge < -0.3 is 10.8 Å². The Balaban J connectivity index is 2.82. The summed E-state index contributed by atoms with van der Waals surface area (Å²) in [4.78, 5) is 3.55. The van der Waals surface area contributed by atoms with Gasteiger partial charge in [-0.3, -0.25) is 0 Å². The molecule has 3 nitrogen and oxygen atoms in total. The third-order valence-electron chi connectivity index (χ3n) is 1.92. The van der Waals surface area contributed by atoms with Crippen LogP contribution in [-0.2, 0) is 0 Å². The van der Waals surface area contributed by atoms with Crippen molar-refractivity contribution in [2.24, 2.45) is 5.73 Å². The van der Waals surface area contributed by atoms with E-state index >= 15 is 0 Å². The molecule has 4 heteroatoms. The van der Waals surface area contributed by atoms with Crippen molar-refractivity contribution in [2.45, 2.75) is 25.5 Å². The van der Waals surface area contributed by atoms with E-state index in [0.717, 1.165) is 0 Å². The SMILES string of the molecule is CCC(N)C(O)c1cccc(F)n1. The van der Waals surface area contributed by atoms with Gasteiger partial charge in [0.2, 0.25) is 5.95 Å². The normalized spacial score (nSPS) is 15.4. The predicted molar refractivity (Wildman–Crippen MR) is 47.4 cm³/mol. The van der Waals surface area contributed by atoms with Crippen LogP contribution in [0.5, 0.6) is 0 Å². The van der Waals surface area contributed by atoms with Gasteiger partial charge in [-0.1, -0.05) is 13.0 Å². The quantitative estimate of drug-likeness (QED) is 0.689. The lowest BCUT2D eigenvalue weighted by Crippen LogP contribution is -2.28. The van der Waals surface area contributed by atoms with Gasteiger partial charge >= 0.3 is 0 Å². The van der Waals surface area contributed by atoms with Gasteiger partial charge in [0.15, 0.2) is 0 Å². The summed E-state index contributed by atoms with van der Waals surface area (Å²) in [7, 11) is 0. The number of nitrogens with zero attached hydrogens (tertiary/aromatic N) is 1. The number of hydrogen-bond donors (Lipinski definition) is 2. The van der Waals surface area contributed by atoms with Crippen LogP contribution in [0, 0.1) is 5.95 Å². The molecule has 13 heavy (non-hydrogen) atoms. The first-order valence-electron chi connectivity index (χ1n) is 4.21. The van der Waals surface area contributed by atoms with Gasteiger partial charge in [0.1, 0.15) is 6.10 Å². The Kier molecular flexibility index (Phi) is 3.33. The smallest absolute Gasteiger partial charge is 0.213 e. The zero-order chi connectivity index (χ0) is 9.84. The fourth-order valence-electron chi connectivity index (χ4n) is 1.03. The largest absolute Gasteiger partial charge is 0.385 e. The van der Waals surface area contributed by atoms with Crippen molar-refractivity contribution in [1.29, 1.82) is 0 Å². The lowest BCUT2D eigenvalue weighted by atomic mass is 10.1. The molecule has 72 valence electrons. The molecule has 0 aliphatic carbocycles. The van der Waals surface area contributed by atoms with E-state index in [2.05, 4.69) is 4.98 Å². The van der Waals surface area contributed by atoms with Crippen molar-refractivity contribution in [2.75, 3.05) is 0 Å². The molecule has 0 aromatic carbocycles. The molecule has 1 rings (SSSR count). The van der Waals surface area contributed by atoms with E-state index in [0.29, 0.717) is 6.42 Å². The second-order valence-electron chi connectivity index (χ2n) is 2.90. The van der Waals surface area contributed by atoms with E-state index in [-0.39, 0.29) is 5.69 Å². The number of aliphatic hydroxyl groups is 1. The highest BCUT2D eigenvalue weighted by molar-refractivity contribution is 5.09. The van der Waals surface area contributed by atoms with Crippen LogP contribution in [0.25, 0.3) is 0 Å². The molecule has 1 heterocycles. The molecule has 1 aromatic heterocycles. The summed E-state index contributed by atoms with van der Waals surface area (Å²) in [5.41, 5.74) is 5.87. The lowest BCUT2D eigenvalue weighted by molar-refractivity contribution is 0.139. The fourth-order valence-corrected chi connectivity index (χ4v) is 1.03. The van der Waals surface area contributed by atoms with E-state index in [1.54, 1.807) is 6.07 Å². The number of rotatable bonds is 3. The molecule has 2 atom stereocenters. The monoisotopic (exact) mass is 184 g/mol. The third kappa shape index (κ3) is 2.47. The van der Waals surface area contributed by atoms with Crippen molar-refractivity contribution in [3.05, 3.63) is 29.8 Å². The lowest BCUT2D eigenvalue weighted by Gasteiger charge is -2.15. The summed E-state index contributed by atoms with van der Waals surface area (Å²) >= 11 is 0. The highest BCUT2D eigenvalue weighted by Crippen LogP contribution is 2.14. The maximum Gasteiger partial charge on any atom is 0.213 e. The van der Waals surface area contributed by atoms with E-state index < -0.39 is 18.1 Å². The van der Waals surface area contributed by atoms with Gasteiger partial charge in [0.05, 0.1) is 5.69 Å². The summed E-state index contributed by atoms with van der Waals surface area (Å²) in [6.45, 7) is 1.85. The minimum Gasteiger partial charge on any atom is -0.385 e. The highest BCUT2D eigenvalue weighted by atomic mass is 19.1. The number of nitrogens with two attached hydrogens (primary N) is 1. The molecule has 0 spiro atoms. The first-order chi connectivity index (χ1) is 6.15. The van der Waals surface area contributed by atoms with E-state index in [9.17, 15) is 9.50 Å². The van der Waals surface area contributed by atoms with Crippen LogP contribution in [0.3, 0.4) is 0 Å². The number of pyridine rings is 1. The summed E-state index contributed by atoms with van der Waals surface area (Å²) in [6, 6.07) is 3.90. The predicted octanol–water partition coefficient (Wildman–Crippen LogP) is 0.991. The minimum atomic E-state index is -0.888. The zero-order valence-corrected chi connectivity index (χ0v) is 7.44. The molecule has 3 N–H and O–H groups in total. The summed E-state index contributed by atoms with van der Waals surface area (Å²) in [6.07, 6.45) is -0.264. The molecule has 0 saturated carbocycles. The minimum absolute atomic E-state index is 0.286. The summed E-state index contributed by atoms with van der Waals surface area (Å²) < 4.78 is 12.6. The summed E-state index contributed by atoms with van der Waals surface area (Å²) in [5.74, 6) is -0.597. The Labute approximate surface area is 76.4 Å². The summed E-state index contributed by atoms with van der Waals surface area (Å²) in [5, 5.41) is 9.56. The number of aromatic nitrogens is 1.